The Morgan fingerprint density at radius 3 is 2.52 bits per heavy atom. The van der Waals surface area contributed by atoms with E-state index < -0.39 is 0 Å². The van der Waals surface area contributed by atoms with Crippen LogP contribution < -0.4 is 15.4 Å². The molecule has 0 aliphatic carbocycles. The van der Waals surface area contributed by atoms with Crippen molar-refractivity contribution in [1.29, 1.82) is 0 Å². The molecule has 0 saturated carbocycles. The van der Waals surface area contributed by atoms with Crippen LogP contribution in [0.5, 0.6) is 5.75 Å². The first-order valence-corrected chi connectivity index (χ1v) is 10.2. The predicted octanol–water partition coefficient (Wildman–Crippen LogP) is 2.81. The number of methoxy groups -OCH3 is 1. The molecule has 1 saturated heterocycles. The zero-order valence-electron chi connectivity index (χ0n) is 17.2. The highest BCUT2D eigenvalue weighted by molar-refractivity contribution is 5.79. The summed E-state index contributed by atoms with van der Waals surface area (Å²) in [6, 6.07) is 8.75. The largest absolute Gasteiger partial charge is 0.497 e. The van der Waals surface area contributed by atoms with Gasteiger partial charge in [-0.3, -0.25) is 9.89 Å². The van der Waals surface area contributed by atoms with Crippen molar-refractivity contribution in [1.82, 2.24) is 15.5 Å². The van der Waals surface area contributed by atoms with E-state index in [0.29, 0.717) is 12.6 Å². The fraction of sp³-hybridized carbons (Fsp3) is 0.667. The number of nitrogens with one attached hydrogen (secondary N) is 2. The number of guanidine groups is 1. The van der Waals surface area contributed by atoms with Crippen molar-refractivity contribution in [3.05, 3.63) is 29.8 Å². The van der Waals surface area contributed by atoms with Gasteiger partial charge in [0.15, 0.2) is 5.96 Å². The molecule has 1 fully saturated rings. The summed E-state index contributed by atoms with van der Waals surface area (Å²) >= 11 is 0. The SMILES string of the molecule is CCCCOCCNC(=NC)NCC(c1ccc(OC)cc1)N1CCCC1. The second kappa shape index (κ2) is 12.6. The van der Waals surface area contributed by atoms with E-state index in [0.717, 1.165) is 50.9 Å². The van der Waals surface area contributed by atoms with Crippen LogP contribution in [0, 0.1) is 0 Å². The highest BCUT2D eigenvalue weighted by Gasteiger charge is 2.23. The van der Waals surface area contributed by atoms with Crippen molar-refractivity contribution in [3.63, 3.8) is 0 Å². The van der Waals surface area contributed by atoms with E-state index in [1.54, 1.807) is 7.11 Å². The van der Waals surface area contributed by atoms with Gasteiger partial charge in [-0.25, -0.2) is 0 Å². The molecule has 6 nitrogen and oxygen atoms in total. The third-order valence-electron chi connectivity index (χ3n) is 4.95. The Labute approximate surface area is 164 Å². The molecule has 0 bridgehead atoms. The first-order chi connectivity index (χ1) is 13.3. The second-order valence-corrected chi connectivity index (χ2v) is 6.88. The molecule has 2 N–H and O–H groups in total. The van der Waals surface area contributed by atoms with Crippen LogP contribution in [0.1, 0.15) is 44.2 Å². The lowest BCUT2D eigenvalue weighted by Crippen LogP contribution is -2.43. The van der Waals surface area contributed by atoms with Gasteiger partial charge in [0.1, 0.15) is 5.75 Å². The van der Waals surface area contributed by atoms with Crippen molar-refractivity contribution in [2.24, 2.45) is 4.99 Å². The van der Waals surface area contributed by atoms with E-state index in [-0.39, 0.29) is 0 Å². The average molecular weight is 377 g/mol. The first-order valence-electron chi connectivity index (χ1n) is 10.2. The summed E-state index contributed by atoms with van der Waals surface area (Å²) in [5, 5.41) is 6.82. The molecular formula is C21H36N4O2. The fourth-order valence-corrected chi connectivity index (χ4v) is 3.34. The number of hydrogen-bond acceptors (Lipinski definition) is 4. The number of ether oxygens (including phenoxy) is 2. The van der Waals surface area contributed by atoms with Crippen molar-refractivity contribution in [3.8, 4) is 5.75 Å². The first kappa shape index (κ1) is 21.5. The molecule has 152 valence electrons. The van der Waals surface area contributed by atoms with Crippen molar-refractivity contribution in [2.45, 2.75) is 38.6 Å². The third kappa shape index (κ3) is 7.39. The van der Waals surface area contributed by atoms with Crippen LogP contribution in [0.2, 0.25) is 0 Å². The molecule has 1 atom stereocenters. The molecule has 1 aromatic rings. The molecule has 6 heteroatoms. The summed E-state index contributed by atoms with van der Waals surface area (Å²) in [5.41, 5.74) is 1.31. The lowest BCUT2D eigenvalue weighted by Gasteiger charge is -2.29. The minimum atomic E-state index is 0.331. The van der Waals surface area contributed by atoms with Gasteiger partial charge < -0.3 is 20.1 Å². The highest BCUT2D eigenvalue weighted by Crippen LogP contribution is 2.26. The maximum atomic E-state index is 5.60. The van der Waals surface area contributed by atoms with Crippen molar-refractivity contribution in [2.75, 3.05) is 53.6 Å². The third-order valence-corrected chi connectivity index (χ3v) is 4.95. The van der Waals surface area contributed by atoms with E-state index in [4.69, 9.17) is 9.47 Å². The van der Waals surface area contributed by atoms with Crippen LogP contribution in [-0.2, 0) is 4.74 Å². The zero-order chi connectivity index (χ0) is 19.3. The molecule has 1 aliphatic heterocycles. The number of likely N-dealkylation sites (tertiary alicyclic amines) is 1. The maximum absolute atomic E-state index is 5.60. The summed E-state index contributed by atoms with van der Waals surface area (Å²) in [6.07, 6.45) is 4.83. The predicted molar refractivity (Wildman–Crippen MR) is 112 cm³/mol. The summed E-state index contributed by atoms with van der Waals surface area (Å²) in [5.74, 6) is 1.72. The fourth-order valence-electron chi connectivity index (χ4n) is 3.34. The van der Waals surface area contributed by atoms with Crippen LogP contribution in [0.4, 0.5) is 0 Å². The Hall–Kier alpha value is -1.79. The summed E-state index contributed by atoms with van der Waals surface area (Å²) in [7, 11) is 3.52. The smallest absolute Gasteiger partial charge is 0.191 e. The Morgan fingerprint density at radius 2 is 1.89 bits per heavy atom. The highest BCUT2D eigenvalue weighted by atomic mass is 16.5. The van der Waals surface area contributed by atoms with Crippen molar-refractivity contribution < 1.29 is 9.47 Å². The molecule has 0 radical (unpaired) electrons. The maximum Gasteiger partial charge on any atom is 0.191 e. The minimum Gasteiger partial charge on any atom is -0.497 e. The van der Waals surface area contributed by atoms with Crippen LogP contribution in [-0.4, -0.2) is 64.4 Å². The summed E-state index contributed by atoms with van der Waals surface area (Å²) in [4.78, 5) is 6.89. The summed E-state index contributed by atoms with van der Waals surface area (Å²) in [6.45, 7) is 7.59. The van der Waals surface area contributed by atoms with Crippen molar-refractivity contribution >= 4 is 5.96 Å². The molecule has 0 aromatic heterocycles. The summed E-state index contributed by atoms with van der Waals surface area (Å²) < 4.78 is 10.9. The minimum absolute atomic E-state index is 0.331. The standard InChI is InChI=1S/C21H36N4O2/c1-4-5-15-27-16-12-23-21(22-2)24-17-20(25-13-6-7-14-25)18-8-10-19(26-3)11-9-18/h8-11,20H,4-7,12-17H2,1-3H3,(H2,22,23,24). The van der Waals surface area contributed by atoms with Gasteiger partial charge in [-0.1, -0.05) is 25.5 Å². The van der Waals surface area contributed by atoms with Gasteiger partial charge in [-0.2, -0.15) is 0 Å². The number of benzene rings is 1. The van der Waals surface area contributed by atoms with Crippen LogP contribution >= 0.6 is 0 Å². The van der Waals surface area contributed by atoms with Gasteiger partial charge >= 0.3 is 0 Å². The number of aliphatic imine (C=N–C) groups is 1. The quantitative estimate of drug-likeness (QED) is 0.353. The second-order valence-electron chi connectivity index (χ2n) is 6.88. The Kier molecular flexibility index (Phi) is 10.0. The number of hydrogen-bond donors (Lipinski definition) is 2. The lowest BCUT2D eigenvalue weighted by atomic mass is 10.1. The molecule has 1 aromatic carbocycles. The van der Waals surface area contributed by atoms with Crippen LogP contribution in [0.25, 0.3) is 0 Å². The van der Waals surface area contributed by atoms with Gasteiger partial charge in [0.2, 0.25) is 0 Å². The lowest BCUT2D eigenvalue weighted by molar-refractivity contribution is 0.136. The molecule has 1 unspecified atom stereocenters. The number of nitrogens with zero attached hydrogens (tertiary/aromatic N) is 2. The van der Waals surface area contributed by atoms with E-state index in [1.807, 2.05) is 19.2 Å². The Morgan fingerprint density at radius 1 is 1.15 bits per heavy atom. The molecular weight excluding hydrogens is 340 g/mol. The molecule has 27 heavy (non-hydrogen) atoms. The van der Waals surface area contributed by atoms with E-state index in [1.165, 1.54) is 24.8 Å². The van der Waals surface area contributed by atoms with Gasteiger partial charge in [-0.15, -0.1) is 0 Å². The zero-order valence-corrected chi connectivity index (χ0v) is 17.2. The van der Waals surface area contributed by atoms with E-state index in [2.05, 4.69) is 39.6 Å². The molecule has 0 spiro atoms. The van der Waals surface area contributed by atoms with Gasteiger partial charge in [0.25, 0.3) is 0 Å². The molecule has 1 aliphatic rings. The van der Waals surface area contributed by atoms with Crippen LogP contribution in [0.15, 0.2) is 29.3 Å². The monoisotopic (exact) mass is 376 g/mol. The van der Waals surface area contributed by atoms with Gasteiger partial charge in [0, 0.05) is 26.7 Å². The number of rotatable bonds is 11. The van der Waals surface area contributed by atoms with Gasteiger partial charge in [-0.05, 0) is 50.0 Å². The molecule has 2 rings (SSSR count). The van der Waals surface area contributed by atoms with Gasteiger partial charge in [0.05, 0.1) is 19.8 Å². The normalized spacial score (nSPS) is 16.3. The topological polar surface area (TPSA) is 58.1 Å². The Bertz CT molecular complexity index is 542. The van der Waals surface area contributed by atoms with Crippen LogP contribution in [0.3, 0.4) is 0 Å². The Balaban J connectivity index is 1.86. The van der Waals surface area contributed by atoms with E-state index in [9.17, 15) is 0 Å². The molecule has 0 amide bonds. The average Bonchev–Trinajstić information content (AvgIpc) is 3.24. The number of unbranched alkanes of at least 4 members (excludes halogenated alkanes) is 1. The molecule has 1 heterocycles. The van der Waals surface area contributed by atoms with E-state index >= 15 is 0 Å².